The number of methoxy groups -OCH3 is 1. The first kappa shape index (κ1) is 17.6. The third-order valence-corrected chi connectivity index (χ3v) is 4.57. The number of anilines is 1. The molecule has 1 N–H and O–H groups in total. The van der Waals surface area contributed by atoms with E-state index in [0.717, 1.165) is 0 Å². The van der Waals surface area contributed by atoms with Crippen molar-refractivity contribution in [2.75, 3.05) is 18.2 Å². The molecule has 0 atom stereocenters. The van der Waals surface area contributed by atoms with Gasteiger partial charge < -0.3 is 19.0 Å². The average molecular weight is 378 g/mol. The normalized spacial score (nSPS) is 11.3. The van der Waals surface area contributed by atoms with Crippen molar-refractivity contribution >= 4 is 21.6 Å². The average Bonchev–Trinajstić information content (AvgIpc) is 3.24. The SMILES string of the molecule is COc1ccc(-c2nnc(S(=O)(=O)CC(=O)Nc3cc(C)on3)o2)cc1. The first-order valence-corrected chi connectivity index (χ1v) is 8.96. The van der Waals surface area contributed by atoms with E-state index in [1.54, 1.807) is 31.2 Å². The number of amides is 1. The minimum Gasteiger partial charge on any atom is -0.497 e. The predicted octanol–water partition coefficient (Wildman–Crippen LogP) is 1.45. The van der Waals surface area contributed by atoms with E-state index in [1.807, 2.05) is 0 Å². The molecule has 0 fully saturated rings. The molecule has 10 nitrogen and oxygen atoms in total. The van der Waals surface area contributed by atoms with Crippen LogP contribution in [-0.4, -0.2) is 42.5 Å². The maximum Gasteiger partial charge on any atom is 0.336 e. The van der Waals surface area contributed by atoms with E-state index >= 15 is 0 Å². The van der Waals surface area contributed by atoms with Crippen LogP contribution in [0.3, 0.4) is 0 Å². The standard InChI is InChI=1S/C15H14N4O6S/c1-9-7-12(19-25-9)16-13(20)8-26(21,22)15-18-17-14(24-15)10-3-5-11(23-2)6-4-10/h3-7H,8H2,1-2H3,(H,16,19,20). The van der Waals surface area contributed by atoms with Crippen LogP contribution in [0.25, 0.3) is 11.5 Å². The van der Waals surface area contributed by atoms with Crippen molar-refractivity contribution < 1.29 is 26.9 Å². The third-order valence-electron chi connectivity index (χ3n) is 3.23. The van der Waals surface area contributed by atoms with Crippen molar-refractivity contribution in [1.82, 2.24) is 15.4 Å². The lowest BCUT2D eigenvalue weighted by Crippen LogP contribution is -2.23. The molecule has 0 aliphatic carbocycles. The van der Waals surface area contributed by atoms with Crippen LogP contribution in [0.15, 0.2) is 44.5 Å². The van der Waals surface area contributed by atoms with Gasteiger partial charge in [0.2, 0.25) is 21.6 Å². The Kier molecular flexibility index (Phi) is 4.71. The van der Waals surface area contributed by atoms with E-state index in [0.29, 0.717) is 17.1 Å². The summed E-state index contributed by atoms with van der Waals surface area (Å²) in [7, 11) is -2.58. The van der Waals surface area contributed by atoms with Gasteiger partial charge in [-0.05, 0) is 31.2 Å². The van der Waals surface area contributed by atoms with Gasteiger partial charge in [-0.25, -0.2) is 8.42 Å². The Bertz CT molecular complexity index is 1020. The molecule has 0 aliphatic rings. The molecule has 0 bridgehead atoms. The number of rotatable bonds is 6. The summed E-state index contributed by atoms with van der Waals surface area (Å²) in [5.41, 5.74) is 0.516. The minimum atomic E-state index is -4.11. The molecule has 0 saturated heterocycles. The molecule has 0 saturated carbocycles. The maximum absolute atomic E-state index is 12.3. The van der Waals surface area contributed by atoms with E-state index in [4.69, 9.17) is 13.7 Å². The molecule has 3 rings (SSSR count). The molecule has 0 spiro atoms. The lowest BCUT2D eigenvalue weighted by Gasteiger charge is -2.00. The van der Waals surface area contributed by atoms with Crippen molar-refractivity contribution in [3.05, 3.63) is 36.1 Å². The molecule has 1 aromatic carbocycles. The zero-order valence-corrected chi connectivity index (χ0v) is 14.6. The monoisotopic (exact) mass is 378 g/mol. The fourth-order valence-corrected chi connectivity index (χ4v) is 2.94. The number of nitrogens with one attached hydrogen (secondary N) is 1. The van der Waals surface area contributed by atoms with E-state index in [-0.39, 0.29) is 11.7 Å². The van der Waals surface area contributed by atoms with Gasteiger partial charge in [-0.2, -0.15) is 0 Å². The van der Waals surface area contributed by atoms with Gasteiger partial charge in [-0.3, -0.25) is 4.79 Å². The summed E-state index contributed by atoms with van der Waals surface area (Å²) in [6, 6.07) is 8.08. The highest BCUT2D eigenvalue weighted by Gasteiger charge is 2.26. The molecule has 136 valence electrons. The van der Waals surface area contributed by atoms with Crippen LogP contribution in [0.4, 0.5) is 5.82 Å². The van der Waals surface area contributed by atoms with Crippen LogP contribution in [0, 0.1) is 6.92 Å². The fourth-order valence-electron chi connectivity index (χ4n) is 2.02. The summed E-state index contributed by atoms with van der Waals surface area (Å²) in [5, 5.41) is 12.5. The predicted molar refractivity (Wildman–Crippen MR) is 88.2 cm³/mol. The number of hydrogen-bond acceptors (Lipinski definition) is 9. The number of aryl methyl sites for hydroxylation is 1. The molecule has 0 aliphatic heterocycles. The number of ether oxygens (including phenoxy) is 1. The third kappa shape index (κ3) is 3.88. The van der Waals surface area contributed by atoms with Gasteiger partial charge in [0.15, 0.2) is 5.82 Å². The van der Waals surface area contributed by atoms with Crippen molar-refractivity contribution in [3.63, 3.8) is 0 Å². The fraction of sp³-hybridized carbons (Fsp3) is 0.200. The van der Waals surface area contributed by atoms with Crippen molar-refractivity contribution in [2.24, 2.45) is 0 Å². The number of benzene rings is 1. The second-order valence-corrected chi connectivity index (χ2v) is 7.10. The molecular weight excluding hydrogens is 364 g/mol. The lowest BCUT2D eigenvalue weighted by atomic mass is 10.2. The zero-order valence-electron chi connectivity index (χ0n) is 13.8. The van der Waals surface area contributed by atoms with Crippen LogP contribution < -0.4 is 10.1 Å². The van der Waals surface area contributed by atoms with Gasteiger partial charge in [-0.15, -0.1) is 5.10 Å². The first-order chi connectivity index (χ1) is 12.4. The number of aromatic nitrogens is 3. The molecule has 2 aromatic heterocycles. The highest BCUT2D eigenvalue weighted by atomic mass is 32.2. The van der Waals surface area contributed by atoms with Gasteiger partial charge in [0, 0.05) is 11.6 Å². The molecule has 0 radical (unpaired) electrons. The number of carbonyl (C=O) groups is 1. The van der Waals surface area contributed by atoms with Crippen molar-refractivity contribution in [2.45, 2.75) is 12.1 Å². The summed E-state index contributed by atoms with van der Waals surface area (Å²) in [5.74, 6) is -0.443. The number of sulfone groups is 1. The Hall–Kier alpha value is -3.21. The minimum absolute atomic E-state index is 0.0127. The van der Waals surface area contributed by atoms with Crippen molar-refractivity contribution in [3.8, 4) is 17.2 Å². The van der Waals surface area contributed by atoms with Crippen LogP contribution in [-0.2, 0) is 14.6 Å². The summed E-state index contributed by atoms with van der Waals surface area (Å²) < 4.78 is 39.5. The Morgan fingerprint density at radius 3 is 2.58 bits per heavy atom. The second-order valence-electron chi connectivity index (χ2n) is 5.23. The van der Waals surface area contributed by atoms with Gasteiger partial charge in [-0.1, -0.05) is 10.3 Å². The molecule has 1 amide bonds. The van der Waals surface area contributed by atoms with Gasteiger partial charge in [0.1, 0.15) is 17.3 Å². The van der Waals surface area contributed by atoms with Gasteiger partial charge in [0.05, 0.1) is 7.11 Å². The van der Waals surface area contributed by atoms with E-state index < -0.39 is 26.7 Å². The highest BCUT2D eigenvalue weighted by Crippen LogP contribution is 2.23. The molecule has 2 heterocycles. The molecule has 11 heteroatoms. The Morgan fingerprint density at radius 1 is 1.23 bits per heavy atom. The van der Waals surface area contributed by atoms with Crippen molar-refractivity contribution in [1.29, 1.82) is 0 Å². The molecular formula is C15H14N4O6S. The van der Waals surface area contributed by atoms with Crippen LogP contribution >= 0.6 is 0 Å². The zero-order chi connectivity index (χ0) is 18.7. The second kappa shape index (κ2) is 6.96. The molecule has 0 unspecified atom stereocenters. The van der Waals surface area contributed by atoms with Gasteiger partial charge in [0.25, 0.3) is 0 Å². The lowest BCUT2D eigenvalue weighted by molar-refractivity contribution is -0.113. The van der Waals surface area contributed by atoms with E-state index in [2.05, 4.69) is 20.7 Å². The van der Waals surface area contributed by atoms with Gasteiger partial charge >= 0.3 is 5.22 Å². The number of hydrogen-bond donors (Lipinski definition) is 1. The smallest absolute Gasteiger partial charge is 0.336 e. The first-order valence-electron chi connectivity index (χ1n) is 7.31. The number of nitrogens with zero attached hydrogens (tertiary/aromatic N) is 3. The largest absolute Gasteiger partial charge is 0.497 e. The highest BCUT2D eigenvalue weighted by molar-refractivity contribution is 7.91. The maximum atomic E-state index is 12.3. The Morgan fingerprint density at radius 2 is 1.96 bits per heavy atom. The topological polar surface area (TPSA) is 137 Å². The summed E-state index contributed by atoms with van der Waals surface area (Å²) in [4.78, 5) is 11.9. The Labute approximate surface area is 148 Å². The van der Waals surface area contributed by atoms with Crippen LogP contribution in [0.2, 0.25) is 0 Å². The summed E-state index contributed by atoms with van der Waals surface area (Å²) in [6.45, 7) is 1.64. The molecule has 26 heavy (non-hydrogen) atoms. The summed E-state index contributed by atoms with van der Waals surface area (Å²) in [6.07, 6.45) is 0. The van der Waals surface area contributed by atoms with E-state index in [9.17, 15) is 13.2 Å². The van der Waals surface area contributed by atoms with Crippen LogP contribution in [0.5, 0.6) is 5.75 Å². The van der Waals surface area contributed by atoms with E-state index in [1.165, 1.54) is 13.2 Å². The summed E-state index contributed by atoms with van der Waals surface area (Å²) >= 11 is 0. The quantitative estimate of drug-likeness (QED) is 0.675. The molecule has 3 aromatic rings. The Balaban J connectivity index is 1.73. The number of carbonyl (C=O) groups excluding carboxylic acids is 1. The van der Waals surface area contributed by atoms with Crippen LogP contribution in [0.1, 0.15) is 5.76 Å².